The van der Waals surface area contributed by atoms with Gasteiger partial charge < -0.3 is 10.4 Å². The predicted octanol–water partition coefficient (Wildman–Crippen LogP) is 1.73. The van der Waals surface area contributed by atoms with Gasteiger partial charge in [-0.05, 0) is 18.4 Å². The topological polar surface area (TPSA) is 79.5 Å². The van der Waals surface area contributed by atoms with Crippen LogP contribution in [0.5, 0.6) is 0 Å². The van der Waals surface area contributed by atoms with Gasteiger partial charge in [0.2, 0.25) is 10.1 Å². The molecule has 0 saturated heterocycles. The summed E-state index contributed by atoms with van der Waals surface area (Å²) in [4.78, 5) is 17.0. The molecular formula is C16H18N4O2S. The van der Waals surface area contributed by atoms with E-state index < -0.39 is 0 Å². The first-order chi connectivity index (χ1) is 11.2. The number of nitrogens with zero attached hydrogens (tertiary/aromatic N) is 3. The van der Waals surface area contributed by atoms with E-state index in [1.165, 1.54) is 21.9 Å². The molecule has 3 rings (SSSR count). The van der Waals surface area contributed by atoms with E-state index in [1.54, 1.807) is 0 Å². The maximum Gasteiger partial charge on any atom is 0.275 e. The largest absolute Gasteiger partial charge is 0.394 e. The van der Waals surface area contributed by atoms with E-state index in [4.69, 9.17) is 0 Å². The molecule has 0 saturated carbocycles. The third kappa shape index (κ3) is 3.57. The lowest BCUT2D eigenvalue weighted by molar-refractivity contribution is 0.273. The average molecular weight is 330 g/mol. The lowest BCUT2D eigenvalue weighted by Crippen LogP contribution is -2.26. The maximum absolute atomic E-state index is 12.0. The van der Waals surface area contributed by atoms with Gasteiger partial charge in [-0.25, -0.2) is 4.98 Å². The molecule has 0 unspecified atom stereocenters. The Hall–Kier alpha value is -2.25. The first-order valence-electron chi connectivity index (χ1n) is 7.50. The molecule has 120 valence electrons. The number of benzene rings is 1. The molecule has 0 fully saturated rings. The molecule has 6 nitrogen and oxygen atoms in total. The van der Waals surface area contributed by atoms with Crippen LogP contribution in [0.4, 0.5) is 5.13 Å². The van der Waals surface area contributed by atoms with Crippen molar-refractivity contribution in [1.29, 1.82) is 0 Å². The van der Waals surface area contributed by atoms with Crippen LogP contribution in [0.25, 0.3) is 4.96 Å². The van der Waals surface area contributed by atoms with Crippen molar-refractivity contribution in [3.8, 4) is 0 Å². The SMILES string of the molecule is CCc1cc(=O)n2nc(N[C@H](CO)Cc3ccccc3)sc2n1. The van der Waals surface area contributed by atoms with Crippen LogP contribution in [0.3, 0.4) is 0 Å². The number of nitrogens with one attached hydrogen (secondary N) is 1. The van der Waals surface area contributed by atoms with Gasteiger partial charge in [-0.3, -0.25) is 4.79 Å². The van der Waals surface area contributed by atoms with E-state index in [2.05, 4.69) is 15.4 Å². The third-order valence-corrected chi connectivity index (χ3v) is 4.37. The molecule has 23 heavy (non-hydrogen) atoms. The fraction of sp³-hybridized carbons (Fsp3) is 0.312. The first kappa shape index (κ1) is 15.6. The molecule has 1 aromatic carbocycles. The van der Waals surface area contributed by atoms with Crippen molar-refractivity contribution in [2.75, 3.05) is 11.9 Å². The van der Waals surface area contributed by atoms with Gasteiger partial charge in [0.1, 0.15) is 0 Å². The van der Waals surface area contributed by atoms with Crippen molar-refractivity contribution >= 4 is 21.4 Å². The summed E-state index contributed by atoms with van der Waals surface area (Å²) in [6.45, 7) is 1.94. The van der Waals surface area contributed by atoms with E-state index in [1.807, 2.05) is 37.3 Å². The summed E-state index contributed by atoms with van der Waals surface area (Å²) < 4.78 is 1.29. The minimum absolute atomic E-state index is 0.0205. The standard InChI is InChI=1S/C16H18N4O2S/c1-2-12-9-14(22)20-16(18-12)23-15(19-20)17-13(10-21)8-11-6-4-3-5-7-11/h3-7,9,13,21H,2,8,10H2,1H3,(H,17,19)/t13-/m0/s1. The Morgan fingerprint density at radius 2 is 2.13 bits per heavy atom. The zero-order chi connectivity index (χ0) is 16.2. The predicted molar refractivity (Wildman–Crippen MR) is 91.2 cm³/mol. The molecule has 1 atom stereocenters. The number of aliphatic hydroxyl groups excluding tert-OH is 1. The smallest absolute Gasteiger partial charge is 0.275 e. The number of hydrogen-bond donors (Lipinski definition) is 2. The third-order valence-electron chi connectivity index (χ3n) is 3.53. The average Bonchev–Trinajstić information content (AvgIpc) is 2.98. The zero-order valence-electron chi connectivity index (χ0n) is 12.8. The summed E-state index contributed by atoms with van der Waals surface area (Å²) in [5.74, 6) is 0. The minimum atomic E-state index is -0.181. The summed E-state index contributed by atoms with van der Waals surface area (Å²) in [7, 11) is 0. The number of aryl methyl sites for hydroxylation is 1. The highest BCUT2D eigenvalue weighted by Crippen LogP contribution is 2.18. The van der Waals surface area contributed by atoms with Gasteiger partial charge in [-0.2, -0.15) is 4.52 Å². The summed E-state index contributed by atoms with van der Waals surface area (Å²) >= 11 is 1.31. The van der Waals surface area contributed by atoms with Crippen LogP contribution in [0.15, 0.2) is 41.2 Å². The van der Waals surface area contributed by atoms with Crippen LogP contribution in [0.1, 0.15) is 18.2 Å². The van der Waals surface area contributed by atoms with Crippen LogP contribution in [0.2, 0.25) is 0 Å². The van der Waals surface area contributed by atoms with Crippen molar-refractivity contribution in [2.24, 2.45) is 0 Å². The van der Waals surface area contributed by atoms with E-state index in [-0.39, 0.29) is 18.2 Å². The number of rotatable bonds is 6. The summed E-state index contributed by atoms with van der Waals surface area (Å²) in [6, 6.07) is 11.3. The number of fused-ring (bicyclic) bond motifs is 1. The Labute approximate surface area is 137 Å². The van der Waals surface area contributed by atoms with Gasteiger partial charge in [-0.15, -0.1) is 5.10 Å². The molecule has 7 heteroatoms. The molecule has 2 N–H and O–H groups in total. The summed E-state index contributed by atoms with van der Waals surface area (Å²) in [5, 5.41) is 17.6. The number of aromatic nitrogens is 3. The first-order valence-corrected chi connectivity index (χ1v) is 8.32. The number of anilines is 1. The highest BCUT2D eigenvalue weighted by atomic mass is 32.1. The molecule has 0 spiro atoms. The van der Waals surface area contributed by atoms with Crippen molar-refractivity contribution in [3.63, 3.8) is 0 Å². The Balaban J connectivity index is 1.82. The molecule has 0 amide bonds. The Kier molecular flexibility index (Phi) is 4.68. The van der Waals surface area contributed by atoms with E-state index in [0.29, 0.717) is 22.9 Å². The Morgan fingerprint density at radius 3 is 2.83 bits per heavy atom. The summed E-state index contributed by atoms with van der Waals surface area (Å²) in [6.07, 6.45) is 1.38. The van der Waals surface area contributed by atoms with Crippen molar-refractivity contribution in [1.82, 2.24) is 14.6 Å². The fourth-order valence-electron chi connectivity index (χ4n) is 2.33. The lowest BCUT2D eigenvalue weighted by Gasteiger charge is -2.14. The van der Waals surface area contributed by atoms with Gasteiger partial charge in [0.15, 0.2) is 0 Å². The molecule has 0 radical (unpaired) electrons. The zero-order valence-corrected chi connectivity index (χ0v) is 13.6. The van der Waals surface area contributed by atoms with Crippen LogP contribution in [-0.2, 0) is 12.8 Å². The molecule has 2 heterocycles. The molecule has 2 aromatic heterocycles. The van der Waals surface area contributed by atoms with Crippen LogP contribution < -0.4 is 10.9 Å². The van der Waals surface area contributed by atoms with Crippen molar-refractivity contribution in [3.05, 3.63) is 58.0 Å². The molecular weight excluding hydrogens is 312 g/mol. The summed E-state index contributed by atoms with van der Waals surface area (Å²) in [5.41, 5.74) is 1.71. The highest BCUT2D eigenvalue weighted by Gasteiger charge is 2.13. The lowest BCUT2D eigenvalue weighted by atomic mass is 10.1. The number of hydrogen-bond acceptors (Lipinski definition) is 6. The van der Waals surface area contributed by atoms with Crippen LogP contribution >= 0.6 is 11.3 Å². The van der Waals surface area contributed by atoms with Gasteiger partial charge >= 0.3 is 0 Å². The van der Waals surface area contributed by atoms with E-state index in [9.17, 15) is 9.90 Å². The van der Waals surface area contributed by atoms with Crippen molar-refractivity contribution in [2.45, 2.75) is 25.8 Å². The molecule has 0 bridgehead atoms. The van der Waals surface area contributed by atoms with Crippen LogP contribution in [0, 0.1) is 0 Å². The van der Waals surface area contributed by atoms with Gasteiger partial charge in [0.25, 0.3) is 5.56 Å². The second-order valence-corrected chi connectivity index (χ2v) is 6.21. The maximum atomic E-state index is 12.0. The Bertz CT molecular complexity index is 844. The molecule has 0 aliphatic rings. The highest BCUT2D eigenvalue weighted by molar-refractivity contribution is 7.20. The van der Waals surface area contributed by atoms with E-state index >= 15 is 0 Å². The van der Waals surface area contributed by atoms with Gasteiger partial charge in [0, 0.05) is 11.8 Å². The number of aliphatic hydroxyl groups is 1. The monoisotopic (exact) mass is 330 g/mol. The Morgan fingerprint density at radius 1 is 1.35 bits per heavy atom. The molecule has 3 aromatic rings. The second-order valence-electron chi connectivity index (χ2n) is 5.25. The normalized spacial score (nSPS) is 12.4. The minimum Gasteiger partial charge on any atom is -0.394 e. The van der Waals surface area contributed by atoms with Crippen molar-refractivity contribution < 1.29 is 5.11 Å². The van der Waals surface area contributed by atoms with Gasteiger partial charge in [0.05, 0.1) is 12.6 Å². The molecule has 0 aliphatic carbocycles. The fourth-order valence-corrected chi connectivity index (χ4v) is 3.23. The van der Waals surface area contributed by atoms with Crippen LogP contribution in [-0.4, -0.2) is 32.4 Å². The molecule has 0 aliphatic heterocycles. The quantitative estimate of drug-likeness (QED) is 0.719. The van der Waals surface area contributed by atoms with E-state index in [0.717, 1.165) is 11.3 Å². The van der Waals surface area contributed by atoms with Gasteiger partial charge in [-0.1, -0.05) is 48.6 Å². The second kappa shape index (κ2) is 6.89.